The molecule has 5 rings (SSSR count). The van der Waals surface area contributed by atoms with Gasteiger partial charge in [-0.05, 0) is 40.3 Å². The maximum absolute atomic E-state index is 11.1. The van der Waals surface area contributed by atoms with E-state index in [1.807, 2.05) is 48.5 Å². The largest absolute Gasteiger partial charge is 0.504 e. The molecule has 2 nitrogen and oxygen atoms in total. The van der Waals surface area contributed by atoms with E-state index in [0.717, 1.165) is 34.2 Å². The Bertz CT molecular complexity index is 1110. The van der Waals surface area contributed by atoms with E-state index in [1.165, 1.54) is 5.56 Å². The molecule has 0 unspecified atom stereocenters. The maximum Gasteiger partial charge on any atom is 0.162 e. The third-order valence-electron chi connectivity index (χ3n) is 5.83. The molecule has 4 aromatic rings. The fraction of sp³-hybridized carbons (Fsp3) is 0.0769. The Morgan fingerprint density at radius 3 is 1.79 bits per heavy atom. The van der Waals surface area contributed by atoms with Crippen LogP contribution in [0.1, 0.15) is 33.4 Å². The summed E-state index contributed by atoms with van der Waals surface area (Å²) in [6.07, 6.45) is 0.723. The van der Waals surface area contributed by atoms with Gasteiger partial charge in [0.05, 0.1) is 5.41 Å². The number of hydrogen-bond acceptors (Lipinski definition) is 2. The molecule has 1 aliphatic carbocycles. The van der Waals surface area contributed by atoms with Gasteiger partial charge in [0.1, 0.15) is 0 Å². The molecule has 2 heteroatoms. The monoisotopic (exact) mass is 364 g/mol. The summed E-state index contributed by atoms with van der Waals surface area (Å²) in [5.41, 5.74) is 5.60. The Morgan fingerprint density at radius 2 is 1.14 bits per heavy atom. The fourth-order valence-electron chi connectivity index (χ4n) is 4.71. The number of hydrogen-bond donors (Lipinski definition) is 2. The van der Waals surface area contributed by atoms with E-state index in [2.05, 4.69) is 42.5 Å². The molecule has 4 aromatic carbocycles. The Hall–Kier alpha value is -3.52. The van der Waals surface area contributed by atoms with Crippen molar-refractivity contribution in [1.82, 2.24) is 0 Å². The van der Waals surface area contributed by atoms with Crippen LogP contribution in [0.25, 0.3) is 0 Å². The van der Waals surface area contributed by atoms with Gasteiger partial charge in [-0.1, -0.05) is 91.0 Å². The standard InChI is InChI=1S/C26H20O2/c27-23-16-15-19-17-18-9-7-8-14-22(18)26(24(19)25(23)28,20-10-3-1-4-11-20)21-12-5-2-6-13-21/h1-16,27-28H,17H2. The Morgan fingerprint density at radius 1 is 0.571 bits per heavy atom. The molecule has 0 saturated heterocycles. The summed E-state index contributed by atoms with van der Waals surface area (Å²) < 4.78 is 0. The van der Waals surface area contributed by atoms with Gasteiger partial charge in [0.25, 0.3) is 0 Å². The van der Waals surface area contributed by atoms with E-state index >= 15 is 0 Å². The van der Waals surface area contributed by atoms with Crippen molar-refractivity contribution >= 4 is 0 Å². The van der Waals surface area contributed by atoms with Gasteiger partial charge in [0.15, 0.2) is 11.5 Å². The number of phenolic OH excluding ortho intramolecular Hbond substituents is 2. The fourth-order valence-corrected chi connectivity index (χ4v) is 4.71. The second-order valence-electron chi connectivity index (χ2n) is 7.28. The van der Waals surface area contributed by atoms with Crippen LogP contribution in [0.15, 0.2) is 97.1 Å². The molecule has 0 saturated carbocycles. The van der Waals surface area contributed by atoms with Gasteiger partial charge >= 0.3 is 0 Å². The van der Waals surface area contributed by atoms with E-state index < -0.39 is 5.41 Å². The highest BCUT2D eigenvalue weighted by Gasteiger charge is 2.45. The minimum absolute atomic E-state index is 0.0419. The van der Waals surface area contributed by atoms with E-state index in [9.17, 15) is 10.2 Å². The van der Waals surface area contributed by atoms with Gasteiger partial charge in [-0.2, -0.15) is 0 Å². The predicted octanol–water partition coefficient (Wildman–Crippen LogP) is 5.38. The summed E-state index contributed by atoms with van der Waals surface area (Å²) in [6, 6.07) is 32.4. The molecule has 1 aliphatic rings. The lowest BCUT2D eigenvalue weighted by atomic mass is 9.59. The lowest BCUT2D eigenvalue weighted by Gasteiger charge is -2.42. The third-order valence-corrected chi connectivity index (χ3v) is 5.83. The average Bonchev–Trinajstić information content (AvgIpc) is 2.76. The molecule has 28 heavy (non-hydrogen) atoms. The summed E-state index contributed by atoms with van der Waals surface area (Å²) in [5, 5.41) is 21.5. The zero-order valence-corrected chi connectivity index (χ0v) is 15.3. The van der Waals surface area contributed by atoms with Gasteiger partial charge in [0, 0.05) is 5.56 Å². The second-order valence-corrected chi connectivity index (χ2v) is 7.28. The van der Waals surface area contributed by atoms with Crippen molar-refractivity contribution in [2.24, 2.45) is 0 Å². The molecule has 0 heterocycles. The molecule has 0 radical (unpaired) electrons. The van der Waals surface area contributed by atoms with Crippen LogP contribution in [0.4, 0.5) is 0 Å². The predicted molar refractivity (Wildman–Crippen MR) is 111 cm³/mol. The van der Waals surface area contributed by atoms with E-state index in [1.54, 1.807) is 6.07 Å². The smallest absolute Gasteiger partial charge is 0.162 e. The van der Waals surface area contributed by atoms with Crippen LogP contribution in [0.3, 0.4) is 0 Å². The molecule has 136 valence electrons. The third kappa shape index (κ3) is 2.21. The van der Waals surface area contributed by atoms with Crippen LogP contribution in [-0.2, 0) is 11.8 Å². The van der Waals surface area contributed by atoms with Crippen LogP contribution in [0.2, 0.25) is 0 Å². The lowest BCUT2D eigenvalue weighted by Crippen LogP contribution is -2.36. The van der Waals surface area contributed by atoms with E-state index in [-0.39, 0.29) is 11.5 Å². The van der Waals surface area contributed by atoms with Gasteiger partial charge in [-0.15, -0.1) is 0 Å². The molecule has 0 aromatic heterocycles. The first-order chi connectivity index (χ1) is 13.7. The Balaban J connectivity index is 2.01. The first-order valence-electron chi connectivity index (χ1n) is 9.46. The molecule has 0 aliphatic heterocycles. The van der Waals surface area contributed by atoms with Crippen molar-refractivity contribution in [3.63, 3.8) is 0 Å². The molecule has 0 atom stereocenters. The van der Waals surface area contributed by atoms with Crippen molar-refractivity contribution in [2.45, 2.75) is 11.8 Å². The zero-order chi connectivity index (χ0) is 19.1. The first-order valence-corrected chi connectivity index (χ1v) is 9.46. The minimum atomic E-state index is -0.699. The van der Waals surface area contributed by atoms with Crippen LogP contribution >= 0.6 is 0 Å². The molecule has 2 N–H and O–H groups in total. The van der Waals surface area contributed by atoms with Crippen molar-refractivity contribution in [3.05, 3.63) is 130 Å². The van der Waals surface area contributed by atoms with E-state index in [0.29, 0.717) is 0 Å². The summed E-state index contributed by atoms with van der Waals surface area (Å²) in [5.74, 6) is -0.130. The number of fused-ring (bicyclic) bond motifs is 2. The van der Waals surface area contributed by atoms with Crippen LogP contribution in [0.5, 0.6) is 11.5 Å². The number of benzene rings is 4. The van der Waals surface area contributed by atoms with Crippen LogP contribution < -0.4 is 0 Å². The number of aromatic hydroxyl groups is 2. The normalized spacial score (nSPS) is 14.1. The lowest BCUT2D eigenvalue weighted by molar-refractivity contribution is 0.393. The quantitative estimate of drug-likeness (QED) is 0.413. The second kappa shape index (κ2) is 6.28. The Kier molecular flexibility index (Phi) is 3.73. The summed E-state index contributed by atoms with van der Waals surface area (Å²) in [6.45, 7) is 0. The highest BCUT2D eigenvalue weighted by atomic mass is 16.3. The average molecular weight is 364 g/mol. The van der Waals surface area contributed by atoms with Gasteiger partial charge in [-0.25, -0.2) is 0 Å². The van der Waals surface area contributed by atoms with Crippen molar-refractivity contribution in [1.29, 1.82) is 0 Å². The first kappa shape index (κ1) is 16.6. The topological polar surface area (TPSA) is 40.5 Å². The molecular weight excluding hydrogens is 344 g/mol. The highest BCUT2D eigenvalue weighted by Crippen LogP contribution is 2.55. The van der Waals surface area contributed by atoms with E-state index in [4.69, 9.17) is 0 Å². The van der Waals surface area contributed by atoms with Crippen molar-refractivity contribution < 1.29 is 10.2 Å². The van der Waals surface area contributed by atoms with Gasteiger partial charge in [-0.3, -0.25) is 0 Å². The maximum atomic E-state index is 11.1. The van der Waals surface area contributed by atoms with Crippen LogP contribution in [-0.4, -0.2) is 10.2 Å². The molecule has 0 spiro atoms. The molecule has 0 bridgehead atoms. The van der Waals surface area contributed by atoms with Gasteiger partial charge < -0.3 is 10.2 Å². The summed E-state index contributed by atoms with van der Waals surface area (Å²) in [7, 11) is 0. The highest BCUT2D eigenvalue weighted by molar-refractivity contribution is 5.71. The van der Waals surface area contributed by atoms with Crippen molar-refractivity contribution in [3.8, 4) is 11.5 Å². The molecule has 0 fully saturated rings. The van der Waals surface area contributed by atoms with Gasteiger partial charge in [0.2, 0.25) is 0 Å². The minimum Gasteiger partial charge on any atom is -0.504 e. The SMILES string of the molecule is Oc1ccc2c(c1O)C(c1ccccc1)(c1ccccc1)c1ccccc1C2. The molecule has 0 amide bonds. The van der Waals surface area contributed by atoms with Crippen LogP contribution in [0, 0.1) is 0 Å². The summed E-state index contributed by atoms with van der Waals surface area (Å²) >= 11 is 0. The Labute approximate surface area is 164 Å². The number of rotatable bonds is 2. The molecular formula is C26H20O2. The summed E-state index contributed by atoms with van der Waals surface area (Å²) in [4.78, 5) is 0. The zero-order valence-electron chi connectivity index (χ0n) is 15.3. The number of phenols is 2. The van der Waals surface area contributed by atoms with Crippen molar-refractivity contribution in [2.75, 3.05) is 0 Å².